The maximum atomic E-state index is 6.34. The third-order valence-corrected chi connectivity index (χ3v) is 3.92. The molecule has 1 heteroatoms. The Bertz CT molecular complexity index is 275. The number of hydrogen-bond donors (Lipinski definition) is 1. The van der Waals surface area contributed by atoms with Crippen molar-refractivity contribution in [2.24, 2.45) is 5.73 Å². The summed E-state index contributed by atoms with van der Waals surface area (Å²) in [6, 6.07) is 0.308. The van der Waals surface area contributed by atoms with E-state index in [-0.39, 0.29) is 0 Å². The highest BCUT2D eigenvalue weighted by Crippen LogP contribution is 2.26. The van der Waals surface area contributed by atoms with Crippen LogP contribution in [0.25, 0.3) is 0 Å². The van der Waals surface area contributed by atoms with Gasteiger partial charge in [0.1, 0.15) is 0 Å². The molecule has 0 heterocycles. The van der Waals surface area contributed by atoms with E-state index in [0.29, 0.717) is 6.04 Å². The molecule has 0 aromatic carbocycles. The molecular weight excluding hydrogens is 194 g/mol. The molecule has 2 rings (SSSR count). The summed E-state index contributed by atoms with van der Waals surface area (Å²) < 4.78 is 0. The first-order valence-corrected chi connectivity index (χ1v) is 6.98. The van der Waals surface area contributed by atoms with Crippen molar-refractivity contribution in [1.82, 2.24) is 0 Å². The summed E-state index contributed by atoms with van der Waals surface area (Å²) in [4.78, 5) is 0. The molecule has 16 heavy (non-hydrogen) atoms. The van der Waals surface area contributed by atoms with E-state index >= 15 is 0 Å². The average Bonchev–Trinajstić information content (AvgIpc) is 2.59. The number of rotatable bonds is 3. The second-order valence-corrected chi connectivity index (χ2v) is 5.30. The summed E-state index contributed by atoms with van der Waals surface area (Å²) >= 11 is 0. The van der Waals surface area contributed by atoms with Crippen molar-refractivity contribution >= 4 is 0 Å². The van der Waals surface area contributed by atoms with Gasteiger partial charge in [-0.2, -0.15) is 0 Å². The van der Waals surface area contributed by atoms with Crippen molar-refractivity contribution in [3.63, 3.8) is 0 Å². The highest BCUT2D eigenvalue weighted by molar-refractivity contribution is 5.17. The summed E-state index contributed by atoms with van der Waals surface area (Å²) in [5.41, 5.74) is 9.49. The number of hydrogen-bond acceptors (Lipinski definition) is 1. The van der Waals surface area contributed by atoms with Gasteiger partial charge in [0, 0.05) is 6.04 Å². The van der Waals surface area contributed by atoms with Crippen molar-refractivity contribution in [3.05, 3.63) is 23.3 Å². The van der Waals surface area contributed by atoms with Crippen molar-refractivity contribution < 1.29 is 0 Å². The van der Waals surface area contributed by atoms with Crippen LogP contribution in [0.4, 0.5) is 0 Å². The topological polar surface area (TPSA) is 26.0 Å². The molecular formula is C15H25N. The zero-order chi connectivity index (χ0) is 11.2. The molecule has 1 atom stereocenters. The predicted molar refractivity (Wildman–Crippen MR) is 70.3 cm³/mol. The summed E-state index contributed by atoms with van der Waals surface area (Å²) in [7, 11) is 0. The van der Waals surface area contributed by atoms with Crippen LogP contribution in [0.5, 0.6) is 0 Å². The van der Waals surface area contributed by atoms with Gasteiger partial charge in [0.25, 0.3) is 0 Å². The average molecular weight is 219 g/mol. The standard InChI is InChI=1S/C15H25N/c16-15(12-13-8-4-3-5-9-13)14-10-6-1-2-7-11-14/h8,10,15H,1-7,9,11-12,16H2. The zero-order valence-corrected chi connectivity index (χ0v) is 10.4. The van der Waals surface area contributed by atoms with E-state index in [2.05, 4.69) is 12.2 Å². The first kappa shape index (κ1) is 11.9. The fourth-order valence-corrected chi connectivity index (χ4v) is 2.88. The Morgan fingerprint density at radius 2 is 1.69 bits per heavy atom. The van der Waals surface area contributed by atoms with E-state index in [9.17, 15) is 0 Å². The van der Waals surface area contributed by atoms with Gasteiger partial charge in [-0.1, -0.05) is 29.7 Å². The van der Waals surface area contributed by atoms with Crippen LogP contribution in [0.3, 0.4) is 0 Å². The molecule has 2 N–H and O–H groups in total. The first-order valence-electron chi connectivity index (χ1n) is 6.98. The normalized spacial score (nSPS) is 24.3. The van der Waals surface area contributed by atoms with Gasteiger partial charge in [-0.15, -0.1) is 0 Å². The van der Waals surface area contributed by atoms with Crippen LogP contribution in [0.15, 0.2) is 23.3 Å². The summed E-state index contributed by atoms with van der Waals surface area (Å²) in [6.45, 7) is 0. The predicted octanol–water partition coefficient (Wildman–Crippen LogP) is 4.09. The third-order valence-electron chi connectivity index (χ3n) is 3.92. The van der Waals surface area contributed by atoms with Crippen LogP contribution in [0.2, 0.25) is 0 Å². The fraction of sp³-hybridized carbons (Fsp3) is 0.733. The van der Waals surface area contributed by atoms with Gasteiger partial charge in [0.15, 0.2) is 0 Å². The quantitative estimate of drug-likeness (QED) is 0.711. The Morgan fingerprint density at radius 1 is 0.938 bits per heavy atom. The van der Waals surface area contributed by atoms with E-state index in [0.717, 1.165) is 6.42 Å². The van der Waals surface area contributed by atoms with Crippen molar-refractivity contribution in [2.45, 2.75) is 70.3 Å². The van der Waals surface area contributed by atoms with E-state index in [1.54, 1.807) is 5.57 Å². The minimum absolute atomic E-state index is 0.308. The minimum atomic E-state index is 0.308. The number of allylic oxidation sites excluding steroid dienone is 2. The van der Waals surface area contributed by atoms with Gasteiger partial charge in [-0.3, -0.25) is 0 Å². The van der Waals surface area contributed by atoms with Crippen molar-refractivity contribution in [3.8, 4) is 0 Å². The van der Waals surface area contributed by atoms with Crippen LogP contribution in [-0.2, 0) is 0 Å². The van der Waals surface area contributed by atoms with Crippen LogP contribution >= 0.6 is 0 Å². The summed E-state index contributed by atoms with van der Waals surface area (Å²) in [5.74, 6) is 0. The maximum Gasteiger partial charge on any atom is 0.0291 e. The largest absolute Gasteiger partial charge is 0.324 e. The second-order valence-electron chi connectivity index (χ2n) is 5.30. The van der Waals surface area contributed by atoms with Crippen LogP contribution in [0, 0.1) is 0 Å². The lowest BCUT2D eigenvalue weighted by Gasteiger charge is -2.19. The van der Waals surface area contributed by atoms with Gasteiger partial charge >= 0.3 is 0 Å². The molecule has 0 aromatic heterocycles. The second kappa shape index (κ2) is 6.24. The van der Waals surface area contributed by atoms with Crippen LogP contribution in [-0.4, -0.2) is 6.04 Å². The molecule has 0 bridgehead atoms. The summed E-state index contributed by atoms with van der Waals surface area (Å²) in [6.07, 6.45) is 17.9. The van der Waals surface area contributed by atoms with Gasteiger partial charge < -0.3 is 5.73 Å². The van der Waals surface area contributed by atoms with E-state index in [4.69, 9.17) is 5.73 Å². The first-order chi connectivity index (χ1) is 7.86. The lowest BCUT2D eigenvalue weighted by Crippen LogP contribution is -2.23. The van der Waals surface area contributed by atoms with Gasteiger partial charge in [-0.25, -0.2) is 0 Å². The molecule has 0 aromatic rings. The van der Waals surface area contributed by atoms with Crippen molar-refractivity contribution in [2.75, 3.05) is 0 Å². The molecule has 0 fully saturated rings. The lowest BCUT2D eigenvalue weighted by molar-refractivity contribution is 0.626. The Labute approximate surface area is 99.8 Å². The highest BCUT2D eigenvalue weighted by atomic mass is 14.6. The molecule has 2 aliphatic rings. The molecule has 0 saturated heterocycles. The molecule has 0 radical (unpaired) electrons. The fourth-order valence-electron chi connectivity index (χ4n) is 2.88. The lowest BCUT2D eigenvalue weighted by atomic mass is 9.90. The van der Waals surface area contributed by atoms with Crippen LogP contribution in [0.1, 0.15) is 64.2 Å². The highest BCUT2D eigenvalue weighted by Gasteiger charge is 2.14. The summed E-state index contributed by atoms with van der Waals surface area (Å²) in [5, 5.41) is 0. The van der Waals surface area contributed by atoms with Gasteiger partial charge in [0.05, 0.1) is 0 Å². The Kier molecular flexibility index (Phi) is 4.65. The van der Waals surface area contributed by atoms with Crippen LogP contribution < -0.4 is 5.73 Å². The van der Waals surface area contributed by atoms with E-state index < -0.39 is 0 Å². The molecule has 2 aliphatic carbocycles. The Balaban J connectivity index is 1.88. The third kappa shape index (κ3) is 3.48. The van der Waals surface area contributed by atoms with E-state index in [1.807, 2.05) is 0 Å². The van der Waals surface area contributed by atoms with Crippen molar-refractivity contribution in [1.29, 1.82) is 0 Å². The zero-order valence-electron chi connectivity index (χ0n) is 10.4. The smallest absolute Gasteiger partial charge is 0.0291 e. The molecule has 1 unspecified atom stereocenters. The number of nitrogens with two attached hydrogens (primary N) is 1. The molecule has 0 amide bonds. The Morgan fingerprint density at radius 3 is 2.50 bits per heavy atom. The SMILES string of the molecule is NC(CC1=CCCCC1)C1=CCCCCC1. The molecule has 0 spiro atoms. The minimum Gasteiger partial charge on any atom is -0.324 e. The molecule has 90 valence electrons. The van der Waals surface area contributed by atoms with E-state index in [1.165, 1.54) is 63.4 Å². The molecule has 0 saturated carbocycles. The Hall–Kier alpha value is -0.560. The molecule has 1 nitrogen and oxygen atoms in total. The van der Waals surface area contributed by atoms with Gasteiger partial charge in [0.2, 0.25) is 0 Å². The van der Waals surface area contributed by atoms with Gasteiger partial charge in [-0.05, 0) is 57.8 Å². The monoisotopic (exact) mass is 219 g/mol. The maximum absolute atomic E-state index is 6.34. The molecule has 0 aliphatic heterocycles.